The van der Waals surface area contributed by atoms with Crippen LogP contribution in [0.15, 0.2) is 72.8 Å². The Kier molecular flexibility index (Phi) is 16.3. The summed E-state index contributed by atoms with van der Waals surface area (Å²) in [7, 11) is 1.49. The van der Waals surface area contributed by atoms with Gasteiger partial charge in [0.1, 0.15) is 24.1 Å². The molecule has 4 atom stereocenters. The number of hydrogen-bond acceptors (Lipinski definition) is 11. The maximum atomic E-state index is 14.6. The molecule has 0 radical (unpaired) electrons. The van der Waals surface area contributed by atoms with E-state index >= 15 is 0 Å². The molecule has 0 spiro atoms. The van der Waals surface area contributed by atoms with Crippen molar-refractivity contribution in [1.29, 1.82) is 5.26 Å². The number of ether oxygens (including phenoxy) is 1. The van der Waals surface area contributed by atoms with Crippen LogP contribution >= 0.6 is 0 Å². The van der Waals surface area contributed by atoms with Crippen LogP contribution in [0, 0.1) is 36.0 Å². The van der Waals surface area contributed by atoms with Crippen LogP contribution in [-0.4, -0.2) is 76.9 Å². The van der Waals surface area contributed by atoms with Gasteiger partial charge in [0, 0.05) is 79.1 Å². The highest BCUT2D eigenvalue weighted by Gasteiger charge is 2.36. The Morgan fingerprint density at radius 2 is 1.73 bits per heavy atom. The van der Waals surface area contributed by atoms with Gasteiger partial charge in [0.15, 0.2) is 17.3 Å². The number of aromatic hydroxyl groups is 1. The molecule has 13 heteroatoms. The lowest BCUT2D eigenvalue weighted by Gasteiger charge is -2.32. The van der Waals surface area contributed by atoms with Crippen molar-refractivity contribution in [2.24, 2.45) is 29.2 Å². The topological polar surface area (TPSA) is 219 Å². The molecule has 0 aliphatic carbocycles. The first-order valence-corrected chi connectivity index (χ1v) is 21.2. The minimum atomic E-state index is -1.24. The van der Waals surface area contributed by atoms with Gasteiger partial charge in [-0.2, -0.15) is 5.26 Å². The summed E-state index contributed by atoms with van der Waals surface area (Å²) in [5, 5.41) is 23.2. The second-order valence-corrected chi connectivity index (χ2v) is 16.6. The Labute approximate surface area is 363 Å². The van der Waals surface area contributed by atoms with Crippen molar-refractivity contribution in [2.75, 3.05) is 26.7 Å². The van der Waals surface area contributed by atoms with E-state index in [0.29, 0.717) is 45.2 Å². The summed E-state index contributed by atoms with van der Waals surface area (Å²) in [5.74, 6) is -3.22. The number of aryl methyl sites for hydroxylation is 1. The molecule has 4 aromatic rings. The van der Waals surface area contributed by atoms with Crippen molar-refractivity contribution in [3.63, 3.8) is 0 Å². The molecule has 4 bridgehead atoms. The van der Waals surface area contributed by atoms with E-state index in [-0.39, 0.29) is 75.5 Å². The van der Waals surface area contributed by atoms with E-state index in [0.717, 1.165) is 17.7 Å². The summed E-state index contributed by atoms with van der Waals surface area (Å²) in [5.41, 5.74) is 17.3. The number of ketones is 3. The largest absolute Gasteiger partial charge is 0.507 e. The second kappa shape index (κ2) is 21.5. The van der Waals surface area contributed by atoms with E-state index in [1.54, 1.807) is 56.3 Å². The van der Waals surface area contributed by atoms with Gasteiger partial charge in [-0.1, -0.05) is 57.2 Å². The quantitative estimate of drug-likeness (QED) is 0.0929. The number of carbonyl (C=O) groups excluding carboxylic acids is 5. The van der Waals surface area contributed by atoms with Crippen LogP contribution in [0.2, 0.25) is 0 Å². The van der Waals surface area contributed by atoms with Crippen LogP contribution in [-0.2, 0) is 32.0 Å². The molecule has 326 valence electrons. The molecule has 62 heavy (non-hydrogen) atoms. The molecule has 6 N–H and O–H groups in total. The molecule has 1 aliphatic rings. The fourth-order valence-electron chi connectivity index (χ4n) is 7.99. The first kappa shape index (κ1) is 46.8. The van der Waals surface area contributed by atoms with Crippen LogP contribution in [0.25, 0.3) is 22.4 Å². The average Bonchev–Trinajstić information content (AvgIpc) is 3.24. The highest BCUT2D eigenvalue weighted by molar-refractivity contribution is 6.01. The monoisotopic (exact) mass is 842 g/mol. The van der Waals surface area contributed by atoms with E-state index in [1.165, 1.54) is 23.6 Å². The van der Waals surface area contributed by atoms with Crippen molar-refractivity contribution in [1.82, 2.24) is 15.2 Å². The Morgan fingerprint density at radius 3 is 2.39 bits per heavy atom. The van der Waals surface area contributed by atoms with Crippen molar-refractivity contribution in [3.8, 4) is 40.0 Å². The lowest BCUT2D eigenvalue weighted by Crippen LogP contribution is -2.46. The van der Waals surface area contributed by atoms with Gasteiger partial charge in [0.2, 0.25) is 11.8 Å². The predicted octanol–water partition coefficient (Wildman–Crippen LogP) is 6.21. The molecule has 0 fully saturated rings. The van der Waals surface area contributed by atoms with Crippen molar-refractivity contribution < 1.29 is 33.8 Å². The highest BCUT2D eigenvalue weighted by Crippen LogP contribution is 2.40. The molecule has 3 aromatic carbocycles. The number of benzene rings is 3. The summed E-state index contributed by atoms with van der Waals surface area (Å²) in [6, 6.07) is 21.2. The first-order valence-electron chi connectivity index (χ1n) is 21.2. The zero-order chi connectivity index (χ0) is 45.1. The summed E-state index contributed by atoms with van der Waals surface area (Å²) >= 11 is 0. The number of nitrogens with one attached hydrogen (secondary N) is 1. The molecule has 5 rings (SSSR count). The van der Waals surface area contributed by atoms with Crippen molar-refractivity contribution in [3.05, 3.63) is 101 Å². The molecule has 13 nitrogen and oxygen atoms in total. The van der Waals surface area contributed by atoms with Crippen LogP contribution in [0.5, 0.6) is 11.5 Å². The first-order chi connectivity index (χ1) is 29.6. The number of fused-ring (bicyclic) bond motifs is 5. The number of amides is 2. The molecule has 0 saturated carbocycles. The zero-order valence-electron chi connectivity index (χ0n) is 36.3. The van der Waals surface area contributed by atoms with Gasteiger partial charge in [-0.15, -0.1) is 0 Å². The molecular weight excluding hydrogens is 785 g/mol. The number of pyridine rings is 1. The van der Waals surface area contributed by atoms with E-state index < -0.39 is 41.5 Å². The number of hydrogen-bond donors (Lipinski definition) is 4. The van der Waals surface area contributed by atoms with Gasteiger partial charge in [-0.3, -0.25) is 29.0 Å². The minimum Gasteiger partial charge on any atom is -0.507 e. The maximum absolute atomic E-state index is 14.6. The number of phenolic OH excluding ortho intramolecular Hbond substituents is 1. The minimum absolute atomic E-state index is 0.0378. The molecule has 1 aromatic heterocycles. The molecular formula is C49H58N6O7. The fourth-order valence-corrected chi connectivity index (χ4v) is 7.99. The zero-order valence-corrected chi connectivity index (χ0v) is 36.3. The lowest BCUT2D eigenvalue weighted by atomic mass is 9.88. The summed E-state index contributed by atoms with van der Waals surface area (Å²) < 4.78 is 6.01. The Bertz CT molecular complexity index is 2320. The Balaban J connectivity index is 1.51. The number of rotatable bonds is 16. The third-order valence-corrected chi connectivity index (χ3v) is 11.2. The number of likely N-dealkylation sites (N-methyl/N-ethyl adjacent to an activating group) is 1. The van der Waals surface area contributed by atoms with E-state index in [4.69, 9.17) is 26.5 Å². The summed E-state index contributed by atoms with van der Waals surface area (Å²) in [4.78, 5) is 76.2. The normalized spacial score (nSPS) is 17.0. The van der Waals surface area contributed by atoms with Gasteiger partial charge in [-0.25, -0.2) is 0 Å². The van der Waals surface area contributed by atoms with Crippen molar-refractivity contribution >= 4 is 29.2 Å². The van der Waals surface area contributed by atoms with Gasteiger partial charge >= 0.3 is 0 Å². The van der Waals surface area contributed by atoms with E-state index in [2.05, 4.69) is 31.3 Å². The molecule has 2 amide bonds. The fraction of sp³-hybridized carbons (Fsp3) is 0.408. The third-order valence-electron chi connectivity index (χ3n) is 11.2. The smallest absolute Gasteiger partial charge is 0.226 e. The van der Waals surface area contributed by atoms with Crippen LogP contribution in [0.3, 0.4) is 0 Å². The lowest BCUT2D eigenvalue weighted by molar-refractivity contribution is -0.142. The number of phenols is 1. The Morgan fingerprint density at radius 1 is 0.984 bits per heavy atom. The van der Waals surface area contributed by atoms with Gasteiger partial charge < -0.3 is 31.5 Å². The Hall–Kier alpha value is -6.23. The summed E-state index contributed by atoms with van der Waals surface area (Å²) in [6.45, 7) is 8.11. The standard InChI is InChI=1S/C49H58N6O7/c1-29(2)23-32-8-11-34(12-9-32)40-15-14-37(31(4)53-40)44(58)28-36(18-20-51)49(61)55(5)47-35-13-17-46(62-22-21-52)39(27-35)38-25-33(10-16-42(38)56)26-41(43(57)7-6-19-50)54-48(60)30(3)24-45(47)59/h8-17,25,27,29-30,36,41,47,56H,6-7,18,20-24,26,28,51-52H2,1-5H3,(H,54,60)/t30-,36-,41+,47+/m1/s1. The van der Waals surface area contributed by atoms with Crippen LogP contribution < -0.4 is 21.5 Å². The van der Waals surface area contributed by atoms with Crippen molar-refractivity contribution in [2.45, 2.75) is 84.7 Å². The van der Waals surface area contributed by atoms with E-state index in [9.17, 15) is 29.1 Å². The van der Waals surface area contributed by atoms with Crippen LogP contribution in [0.1, 0.15) is 91.7 Å². The van der Waals surface area contributed by atoms with Crippen LogP contribution in [0.4, 0.5) is 0 Å². The highest BCUT2D eigenvalue weighted by atomic mass is 16.5. The maximum Gasteiger partial charge on any atom is 0.226 e. The van der Waals surface area contributed by atoms with Gasteiger partial charge in [0.05, 0.1) is 17.8 Å². The van der Waals surface area contributed by atoms with E-state index in [1.807, 2.05) is 18.2 Å². The second-order valence-electron chi connectivity index (χ2n) is 16.6. The molecule has 0 saturated heterocycles. The number of nitrogens with two attached hydrogens (primary N) is 2. The number of nitrogens with zero attached hydrogens (tertiary/aromatic N) is 3. The molecule has 0 unspecified atom stereocenters. The number of nitriles is 1. The SMILES string of the molecule is Cc1nc(-c2ccc(CC(C)C)cc2)ccc1C(=O)C[C@@H](CCN)C(=O)N(C)[C@@H]1C(=O)C[C@@H](C)C(=O)N[C@H](C(=O)CCC#N)Cc2ccc(O)c(c2)-c2cc1ccc2OCCN. The molecule has 2 heterocycles. The molecule has 1 aliphatic heterocycles. The average molecular weight is 843 g/mol. The number of carbonyl (C=O) groups is 5. The predicted molar refractivity (Wildman–Crippen MR) is 237 cm³/mol. The van der Waals surface area contributed by atoms with Gasteiger partial charge in [-0.05, 0) is 91.7 Å². The third kappa shape index (κ3) is 11.6. The van der Waals surface area contributed by atoms with Gasteiger partial charge in [0.25, 0.3) is 0 Å². The number of Topliss-reactive ketones (excluding diaryl/α,β-unsaturated/α-hetero) is 3. The number of aromatic nitrogens is 1. The summed E-state index contributed by atoms with van der Waals surface area (Å²) in [6.07, 6.45) is 0.567.